The first-order valence-corrected chi connectivity index (χ1v) is 13.3. The lowest BCUT2D eigenvalue weighted by molar-refractivity contribution is 0.272. The van der Waals surface area contributed by atoms with Gasteiger partial charge in [0.05, 0.1) is 12.8 Å². The number of hydrogen-bond donors (Lipinski definition) is 0. The van der Waals surface area contributed by atoms with E-state index in [1.165, 1.54) is 16.7 Å². The molecule has 0 aliphatic carbocycles. The quantitative estimate of drug-likeness (QED) is 0.203. The average molecular weight is 498 g/mol. The van der Waals surface area contributed by atoms with Crippen LogP contribution in [0.4, 0.5) is 0 Å². The van der Waals surface area contributed by atoms with Crippen LogP contribution in [0.1, 0.15) is 63.8 Å². The maximum Gasteiger partial charge on any atom is 0.213 e. The minimum Gasteiger partial charge on any atom is -0.478 e. The van der Waals surface area contributed by atoms with Gasteiger partial charge in [-0.1, -0.05) is 58.9 Å². The zero-order chi connectivity index (χ0) is 26.3. The van der Waals surface area contributed by atoms with Crippen LogP contribution in [-0.2, 0) is 24.7 Å². The molecular weight excluding hydrogens is 458 g/mol. The molecule has 0 saturated heterocycles. The summed E-state index contributed by atoms with van der Waals surface area (Å²) in [6.45, 7) is 11.7. The molecule has 4 aromatic rings. The van der Waals surface area contributed by atoms with Gasteiger partial charge < -0.3 is 9.15 Å². The Bertz CT molecular complexity index is 1250. The fourth-order valence-electron chi connectivity index (χ4n) is 4.63. The third-order valence-corrected chi connectivity index (χ3v) is 6.76. The van der Waals surface area contributed by atoms with Crippen molar-refractivity contribution >= 4 is 0 Å². The zero-order valence-electron chi connectivity index (χ0n) is 22.8. The van der Waals surface area contributed by atoms with Crippen LogP contribution in [0, 0.1) is 11.8 Å². The average Bonchev–Trinajstić information content (AvgIpc) is 3.37. The maximum atomic E-state index is 6.05. The summed E-state index contributed by atoms with van der Waals surface area (Å²) in [6.07, 6.45) is 10.7. The fourth-order valence-corrected chi connectivity index (χ4v) is 4.63. The molecule has 1 atom stereocenters. The van der Waals surface area contributed by atoms with Crippen LogP contribution >= 0.6 is 0 Å². The third-order valence-electron chi connectivity index (χ3n) is 6.76. The van der Waals surface area contributed by atoms with E-state index >= 15 is 0 Å². The summed E-state index contributed by atoms with van der Waals surface area (Å²) in [5.74, 6) is 2.51. The lowest BCUT2D eigenvalue weighted by atomic mass is 9.82. The Morgan fingerprint density at radius 1 is 0.838 bits per heavy atom. The first kappa shape index (κ1) is 26.6. The molecule has 0 aliphatic rings. The lowest BCUT2D eigenvalue weighted by Crippen LogP contribution is -2.21. The van der Waals surface area contributed by atoms with Crippen LogP contribution in [0.15, 0.2) is 77.8 Å². The normalized spacial score (nSPS) is 12.6. The van der Waals surface area contributed by atoms with Gasteiger partial charge in [0.15, 0.2) is 5.89 Å². The predicted octanol–water partition coefficient (Wildman–Crippen LogP) is 7.50. The summed E-state index contributed by atoms with van der Waals surface area (Å²) in [6, 6.07) is 17.3. The highest BCUT2D eigenvalue weighted by molar-refractivity contribution is 5.63. The maximum absolute atomic E-state index is 6.05. The van der Waals surface area contributed by atoms with Crippen molar-refractivity contribution in [3.63, 3.8) is 0 Å². The van der Waals surface area contributed by atoms with Crippen molar-refractivity contribution in [2.24, 2.45) is 11.8 Å². The van der Waals surface area contributed by atoms with E-state index < -0.39 is 0 Å². The number of hydrogen-bond acceptors (Lipinski definition) is 5. The number of rotatable bonds is 12. The van der Waals surface area contributed by atoms with Crippen molar-refractivity contribution in [1.29, 1.82) is 0 Å². The van der Waals surface area contributed by atoms with Crippen LogP contribution in [0.3, 0.4) is 0 Å². The molecule has 37 heavy (non-hydrogen) atoms. The molecule has 0 bridgehead atoms. The second-order valence-electron chi connectivity index (χ2n) is 11.1. The Hall–Kier alpha value is -3.47. The number of ether oxygens (including phenoxy) is 1. The minimum absolute atomic E-state index is 0.134. The summed E-state index contributed by atoms with van der Waals surface area (Å²) < 4.78 is 11.5. The molecule has 4 rings (SSSR count). The number of benzene rings is 1. The van der Waals surface area contributed by atoms with Gasteiger partial charge in [-0.2, -0.15) is 0 Å². The Morgan fingerprint density at radius 2 is 1.62 bits per heavy atom. The Kier molecular flexibility index (Phi) is 8.75. The number of aromatic nitrogens is 3. The van der Waals surface area contributed by atoms with Crippen molar-refractivity contribution in [2.45, 2.75) is 65.7 Å². The van der Waals surface area contributed by atoms with Gasteiger partial charge >= 0.3 is 0 Å². The first-order chi connectivity index (χ1) is 17.8. The largest absolute Gasteiger partial charge is 0.478 e. The van der Waals surface area contributed by atoms with E-state index in [1.54, 1.807) is 12.5 Å². The molecule has 0 saturated carbocycles. The molecule has 1 aromatic carbocycles. The van der Waals surface area contributed by atoms with E-state index in [0.29, 0.717) is 30.7 Å². The van der Waals surface area contributed by atoms with E-state index in [0.717, 1.165) is 36.4 Å². The van der Waals surface area contributed by atoms with E-state index in [2.05, 4.69) is 86.0 Å². The standard InChI is InChI=1S/C32H39N3O2/c1-23(2)18-25-6-8-26(9-7-25)27-10-13-33-29(20-27)19-24(3)12-16-36-30-21-28(11-14-34-30)32(4,5)22-31-35-15-17-37-31/h6-11,13-15,17,20-21,23-24H,12,16,18-19,22H2,1-5H3. The zero-order valence-corrected chi connectivity index (χ0v) is 22.8. The van der Waals surface area contributed by atoms with Crippen LogP contribution in [0.2, 0.25) is 0 Å². The van der Waals surface area contributed by atoms with E-state index in [1.807, 2.05) is 24.5 Å². The lowest BCUT2D eigenvalue weighted by Gasteiger charge is -2.24. The number of nitrogens with zero attached hydrogens (tertiary/aromatic N) is 3. The number of pyridine rings is 2. The SMILES string of the molecule is CC(C)Cc1ccc(-c2ccnc(CC(C)CCOc3cc(C(C)(C)Cc4ncco4)ccn3)c2)cc1. The molecule has 0 radical (unpaired) electrons. The summed E-state index contributed by atoms with van der Waals surface area (Å²) in [5.41, 5.74) is 5.98. The second kappa shape index (κ2) is 12.2. The molecule has 0 aliphatic heterocycles. The van der Waals surface area contributed by atoms with Gasteiger partial charge in [-0.25, -0.2) is 9.97 Å². The topological polar surface area (TPSA) is 61.0 Å². The van der Waals surface area contributed by atoms with Crippen LogP contribution in [0.5, 0.6) is 5.88 Å². The molecule has 1 unspecified atom stereocenters. The molecule has 5 nitrogen and oxygen atoms in total. The van der Waals surface area contributed by atoms with Gasteiger partial charge in [-0.05, 0) is 77.0 Å². The highest BCUT2D eigenvalue weighted by Crippen LogP contribution is 2.29. The molecule has 5 heteroatoms. The van der Waals surface area contributed by atoms with Crippen molar-refractivity contribution in [1.82, 2.24) is 15.0 Å². The predicted molar refractivity (Wildman–Crippen MR) is 149 cm³/mol. The van der Waals surface area contributed by atoms with Crippen molar-refractivity contribution < 1.29 is 9.15 Å². The van der Waals surface area contributed by atoms with Gasteiger partial charge in [-0.3, -0.25) is 4.98 Å². The van der Waals surface area contributed by atoms with Gasteiger partial charge in [0.2, 0.25) is 5.88 Å². The molecule has 194 valence electrons. The van der Waals surface area contributed by atoms with Crippen molar-refractivity contribution in [3.8, 4) is 17.0 Å². The number of oxazole rings is 1. The molecule has 0 amide bonds. The summed E-state index contributed by atoms with van der Waals surface area (Å²) in [4.78, 5) is 13.3. The fraction of sp³-hybridized carbons (Fsp3) is 0.406. The van der Waals surface area contributed by atoms with E-state index in [-0.39, 0.29) is 5.41 Å². The molecule has 0 spiro atoms. The van der Waals surface area contributed by atoms with E-state index in [9.17, 15) is 0 Å². The molecule has 3 aromatic heterocycles. The minimum atomic E-state index is -0.134. The van der Waals surface area contributed by atoms with Crippen molar-refractivity contribution in [3.05, 3.63) is 96.1 Å². The van der Waals surface area contributed by atoms with Gasteiger partial charge in [0.1, 0.15) is 6.26 Å². The van der Waals surface area contributed by atoms with Gasteiger partial charge in [-0.15, -0.1) is 0 Å². The van der Waals surface area contributed by atoms with Crippen LogP contribution in [-0.4, -0.2) is 21.6 Å². The Morgan fingerprint density at radius 3 is 2.35 bits per heavy atom. The van der Waals surface area contributed by atoms with Crippen LogP contribution < -0.4 is 4.74 Å². The highest BCUT2D eigenvalue weighted by Gasteiger charge is 2.24. The highest BCUT2D eigenvalue weighted by atomic mass is 16.5. The van der Waals surface area contributed by atoms with Crippen LogP contribution in [0.25, 0.3) is 11.1 Å². The molecule has 0 fully saturated rings. The summed E-state index contributed by atoms with van der Waals surface area (Å²) >= 11 is 0. The second-order valence-corrected chi connectivity index (χ2v) is 11.1. The smallest absolute Gasteiger partial charge is 0.213 e. The Balaban J connectivity index is 1.29. The third kappa shape index (κ3) is 7.75. The molecule has 0 N–H and O–H groups in total. The molecule has 3 heterocycles. The van der Waals surface area contributed by atoms with Gasteiger partial charge in [0, 0.05) is 30.6 Å². The summed E-state index contributed by atoms with van der Waals surface area (Å²) in [7, 11) is 0. The molecular formula is C32H39N3O2. The first-order valence-electron chi connectivity index (χ1n) is 13.3. The van der Waals surface area contributed by atoms with Gasteiger partial charge in [0.25, 0.3) is 0 Å². The monoisotopic (exact) mass is 497 g/mol. The summed E-state index contributed by atoms with van der Waals surface area (Å²) in [5, 5.41) is 0. The van der Waals surface area contributed by atoms with E-state index in [4.69, 9.17) is 9.15 Å². The Labute approximate surface area is 221 Å². The van der Waals surface area contributed by atoms with Crippen molar-refractivity contribution in [2.75, 3.05) is 6.61 Å².